The van der Waals surface area contributed by atoms with Gasteiger partial charge in [-0.3, -0.25) is 0 Å². The Balaban J connectivity index is 2.32. The SMILES string of the molecule is CC1(C)COc2cc(CO)ccc2N1. The summed E-state index contributed by atoms with van der Waals surface area (Å²) in [4.78, 5) is 0. The van der Waals surface area contributed by atoms with Crippen molar-refractivity contribution in [1.29, 1.82) is 0 Å². The smallest absolute Gasteiger partial charge is 0.142 e. The maximum absolute atomic E-state index is 8.97. The molecular formula is C11H15NO2. The molecule has 0 spiro atoms. The molecule has 2 N–H and O–H groups in total. The molecular weight excluding hydrogens is 178 g/mol. The summed E-state index contributed by atoms with van der Waals surface area (Å²) in [5.41, 5.74) is 1.86. The van der Waals surface area contributed by atoms with Crippen molar-refractivity contribution >= 4 is 5.69 Å². The third-order valence-corrected chi connectivity index (χ3v) is 2.29. The molecule has 1 aromatic rings. The second-order valence-corrected chi connectivity index (χ2v) is 4.29. The molecule has 0 amide bonds. The van der Waals surface area contributed by atoms with Crippen LogP contribution < -0.4 is 10.1 Å². The highest BCUT2D eigenvalue weighted by Crippen LogP contribution is 2.32. The summed E-state index contributed by atoms with van der Waals surface area (Å²) in [6, 6.07) is 5.72. The molecule has 0 aliphatic carbocycles. The second-order valence-electron chi connectivity index (χ2n) is 4.29. The van der Waals surface area contributed by atoms with Gasteiger partial charge in [-0.15, -0.1) is 0 Å². The third-order valence-electron chi connectivity index (χ3n) is 2.29. The minimum Gasteiger partial charge on any atom is -0.489 e. The summed E-state index contributed by atoms with van der Waals surface area (Å²) in [6.07, 6.45) is 0. The van der Waals surface area contributed by atoms with Crippen molar-refractivity contribution in [3.05, 3.63) is 23.8 Å². The van der Waals surface area contributed by atoms with Crippen LogP contribution in [-0.2, 0) is 6.61 Å². The van der Waals surface area contributed by atoms with E-state index in [-0.39, 0.29) is 12.1 Å². The Bertz CT molecular complexity index is 347. The number of anilines is 1. The summed E-state index contributed by atoms with van der Waals surface area (Å²) >= 11 is 0. The van der Waals surface area contributed by atoms with Crippen LogP contribution in [0, 0.1) is 0 Å². The zero-order chi connectivity index (χ0) is 10.2. The Hall–Kier alpha value is -1.22. The maximum atomic E-state index is 8.97. The fraction of sp³-hybridized carbons (Fsp3) is 0.455. The van der Waals surface area contributed by atoms with E-state index < -0.39 is 0 Å². The molecule has 0 saturated carbocycles. The molecule has 0 aromatic heterocycles. The number of aliphatic hydroxyl groups is 1. The monoisotopic (exact) mass is 193 g/mol. The summed E-state index contributed by atoms with van der Waals surface area (Å²) in [5.74, 6) is 0.830. The highest BCUT2D eigenvalue weighted by atomic mass is 16.5. The van der Waals surface area contributed by atoms with Crippen molar-refractivity contribution in [3.8, 4) is 5.75 Å². The van der Waals surface area contributed by atoms with Gasteiger partial charge in [0, 0.05) is 0 Å². The molecule has 1 aliphatic heterocycles. The molecule has 76 valence electrons. The Morgan fingerprint density at radius 1 is 1.50 bits per heavy atom. The number of ether oxygens (including phenoxy) is 1. The average Bonchev–Trinajstić information content (AvgIpc) is 2.16. The topological polar surface area (TPSA) is 41.5 Å². The van der Waals surface area contributed by atoms with Gasteiger partial charge in [-0.25, -0.2) is 0 Å². The number of fused-ring (bicyclic) bond motifs is 1. The van der Waals surface area contributed by atoms with E-state index in [4.69, 9.17) is 9.84 Å². The Morgan fingerprint density at radius 3 is 3.00 bits per heavy atom. The van der Waals surface area contributed by atoms with E-state index >= 15 is 0 Å². The van der Waals surface area contributed by atoms with Crippen molar-refractivity contribution in [3.63, 3.8) is 0 Å². The molecule has 0 fully saturated rings. The summed E-state index contributed by atoms with van der Waals surface area (Å²) in [7, 11) is 0. The van der Waals surface area contributed by atoms with Crippen LogP contribution in [0.15, 0.2) is 18.2 Å². The highest BCUT2D eigenvalue weighted by Gasteiger charge is 2.25. The lowest BCUT2D eigenvalue weighted by Crippen LogP contribution is -2.40. The molecule has 3 heteroatoms. The van der Waals surface area contributed by atoms with Gasteiger partial charge in [0.25, 0.3) is 0 Å². The van der Waals surface area contributed by atoms with Crippen LogP contribution in [0.2, 0.25) is 0 Å². The Labute approximate surface area is 83.7 Å². The van der Waals surface area contributed by atoms with Gasteiger partial charge < -0.3 is 15.2 Å². The van der Waals surface area contributed by atoms with Gasteiger partial charge in [0.2, 0.25) is 0 Å². The van der Waals surface area contributed by atoms with Crippen LogP contribution in [-0.4, -0.2) is 17.3 Å². The lowest BCUT2D eigenvalue weighted by molar-refractivity contribution is 0.240. The van der Waals surface area contributed by atoms with Gasteiger partial charge in [0.05, 0.1) is 17.8 Å². The third kappa shape index (κ3) is 1.68. The first-order chi connectivity index (χ1) is 6.61. The van der Waals surface area contributed by atoms with Gasteiger partial charge >= 0.3 is 0 Å². The quantitative estimate of drug-likeness (QED) is 0.714. The number of nitrogens with one attached hydrogen (secondary N) is 1. The van der Waals surface area contributed by atoms with Crippen LogP contribution in [0.4, 0.5) is 5.69 Å². The predicted octanol–water partition coefficient (Wildman–Crippen LogP) is 1.76. The lowest BCUT2D eigenvalue weighted by Gasteiger charge is -2.33. The maximum Gasteiger partial charge on any atom is 0.142 e. The number of aliphatic hydroxyl groups excluding tert-OH is 1. The zero-order valence-electron chi connectivity index (χ0n) is 8.50. The highest BCUT2D eigenvalue weighted by molar-refractivity contribution is 5.60. The first-order valence-corrected chi connectivity index (χ1v) is 4.75. The zero-order valence-corrected chi connectivity index (χ0v) is 8.50. The van der Waals surface area contributed by atoms with Crippen molar-refractivity contribution in [2.45, 2.75) is 26.0 Å². The number of rotatable bonds is 1. The van der Waals surface area contributed by atoms with Crippen LogP contribution in [0.25, 0.3) is 0 Å². The molecule has 1 aromatic carbocycles. The van der Waals surface area contributed by atoms with E-state index in [9.17, 15) is 0 Å². The standard InChI is InChI=1S/C11H15NO2/c1-11(2)7-14-10-5-8(6-13)3-4-9(10)12-11/h3-5,12-13H,6-7H2,1-2H3. The molecule has 0 atom stereocenters. The van der Waals surface area contributed by atoms with E-state index in [0.29, 0.717) is 6.61 Å². The number of benzene rings is 1. The normalized spacial score (nSPS) is 17.9. The second kappa shape index (κ2) is 3.17. The van der Waals surface area contributed by atoms with Crippen molar-refractivity contribution < 1.29 is 9.84 Å². The molecule has 0 radical (unpaired) electrons. The summed E-state index contributed by atoms with van der Waals surface area (Å²) < 4.78 is 5.61. The molecule has 0 saturated heterocycles. The van der Waals surface area contributed by atoms with Crippen LogP contribution in [0.1, 0.15) is 19.4 Å². The molecule has 1 aliphatic rings. The van der Waals surface area contributed by atoms with Crippen LogP contribution in [0.3, 0.4) is 0 Å². The summed E-state index contributed by atoms with van der Waals surface area (Å²) in [5, 5.41) is 12.3. The van der Waals surface area contributed by atoms with E-state index in [1.807, 2.05) is 18.2 Å². The molecule has 3 nitrogen and oxygen atoms in total. The molecule has 0 bridgehead atoms. The molecule has 1 heterocycles. The molecule has 0 unspecified atom stereocenters. The largest absolute Gasteiger partial charge is 0.489 e. The van der Waals surface area contributed by atoms with E-state index in [1.54, 1.807) is 0 Å². The van der Waals surface area contributed by atoms with Gasteiger partial charge in [0.1, 0.15) is 12.4 Å². The van der Waals surface area contributed by atoms with E-state index in [0.717, 1.165) is 17.0 Å². The van der Waals surface area contributed by atoms with E-state index in [1.165, 1.54) is 0 Å². The van der Waals surface area contributed by atoms with Crippen molar-refractivity contribution in [1.82, 2.24) is 0 Å². The summed E-state index contributed by atoms with van der Waals surface area (Å²) in [6.45, 7) is 4.89. The van der Waals surface area contributed by atoms with Gasteiger partial charge in [-0.1, -0.05) is 6.07 Å². The van der Waals surface area contributed by atoms with Crippen LogP contribution >= 0.6 is 0 Å². The molecule has 14 heavy (non-hydrogen) atoms. The fourth-order valence-electron chi connectivity index (χ4n) is 1.55. The number of hydrogen-bond acceptors (Lipinski definition) is 3. The Morgan fingerprint density at radius 2 is 2.29 bits per heavy atom. The van der Waals surface area contributed by atoms with Crippen LogP contribution in [0.5, 0.6) is 5.75 Å². The van der Waals surface area contributed by atoms with E-state index in [2.05, 4.69) is 19.2 Å². The first-order valence-electron chi connectivity index (χ1n) is 4.75. The molecule has 2 rings (SSSR count). The average molecular weight is 193 g/mol. The van der Waals surface area contributed by atoms with Crippen molar-refractivity contribution in [2.24, 2.45) is 0 Å². The Kier molecular flexibility index (Phi) is 2.11. The predicted molar refractivity (Wildman–Crippen MR) is 55.6 cm³/mol. The van der Waals surface area contributed by atoms with Gasteiger partial charge in [-0.05, 0) is 31.5 Å². The minimum absolute atomic E-state index is 0.0201. The fourth-order valence-corrected chi connectivity index (χ4v) is 1.55. The van der Waals surface area contributed by atoms with Gasteiger partial charge in [-0.2, -0.15) is 0 Å². The number of hydrogen-bond donors (Lipinski definition) is 2. The minimum atomic E-state index is -0.0201. The van der Waals surface area contributed by atoms with Crippen molar-refractivity contribution in [2.75, 3.05) is 11.9 Å². The first kappa shape index (κ1) is 9.34. The lowest BCUT2D eigenvalue weighted by atomic mass is 10.0. The van der Waals surface area contributed by atoms with Gasteiger partial charge in [0.15, 0.2) is 0 Å².